The van der Waals surface area contributed by atoms with Crippen LogP contribution >= 0.6 is 0 Å². The number of amides is 1. The van der Waals surface area contributed by atoms with Crippen LogP contribution in [0.5, 0.6) is 0 Å². The summed E-state index contributed by atoms with van der Waals surface area (Å²) in [4.78, 5) is 24.3. The average molecular weight is 270 g/mol. The van der Waals surface area contributed by atoms with Crippen LogP contribution in [0.3, 0.4) is 0 Å². The first-order valence-electron chi connectivity index (χ1n) is 6.97. The number of carbonyl (C=O) groups excluding carboxylic acids is 2. The summed E-state index contributed by atoms with van der Waals surface area (Å²) in [5, 5.41) is 2.78. The third-order valence-corrected chi connectivity index (χ3v) is 3.33. The van der Waals surface area contributed by atoms with E-state index in [2.05, 4.69) is 5.32 Å². The van der Waals surface area contributed by atoms with Gasteiger partial charge in [-0.1, -0.05) is 19.3 Å². The Morgan fingerprint density at radius 3 is 2.16 bits per heavy atom. The van der Waals surface area contributed by atoms with Crippen LogP contribution in [0.25, 0.3) is 0 Å². The van der Waals surface area contributed by atoms with Crippen molar-refractivity contribution in [3.63, 3.8) is 0 Å². The Kier molecular flexibility index (Phi) is 4.96. The summed E-state index contributed by atoms with van der Waals surface area (Å²) in [5.41, 5.74) is 4.30. The van der Waals surface area contributed by atoms with E-state index in [0.717, 1.165) is 19.3 Å². The Bertz CT molecular complexity index is 339. The molecule has 0 aromatic rings. The summed E-state index contributed by atoms with van der Waals surface area (Å²) in [6.45, 7) is 7.06. The highest BCUT2D eigenvalue weighted by atomic mass is 16.6. The van der Waals surface area contributed by atoms with Gasteiger partial charge in [0, 0.05) is 0 Å². The highest BCUT2D eigenvalue weighted by Crippen LogP contribution is 2.30. The molecule has 1 aliphatic rings. The number of nitrogens with one attached hydrogen (secondary N) is 1. The Labute approximate surface area is 115 Å². The van der Waals surface area contributed by atoms with Gasteiger partial charge >= 0.3 is 6.09 Å². The molecule has 0 saturated heterocycles. The zero-order valence-electron chi connectivity index (χ0n) is 12.4. The van der Waals surface area contributed by atoms with Crippen LogP contribution in [0, 0.1) is 0 Å². The zero-order chi connectivity index (χ0) is 14.7. The Morgan fingerprint density at radius 1 is 1.21 bits per heavy atom. The van der Waals surface area contributed by atoms with E-state index in [4.69, 9.17) is 10.5 Å². The number of hydrogen-bond acceptors (Lipinski definition) is 4. The van der Waals surface area contributed by atoms with Crippen molar-refractivity contribution in [3.05, 3.63) is 0 Å². The molecule has 5 nitrogen and oxygen atoms in total. The molecule has 0 bridgehead atoms. The van der Waals surface area contributed by atoms with Crippen LogP contribution < -0.4 is 11.1 Å². The van der Waals surface area contributed by atoms with Crippen molar-refractivity contribution in [1.82, 2.24) is 5.32 Å². The van der Waals surface area contributed by atoms with Crippen LogP contribution in [0.1, 0.15) is 59.8 Å². The number of rotatable bonds is 3. The minimum atomic E-state index is -0.839. The SMILES string of the molecule is CC(N)C(=O)C1(NC(=O)OC(C)(C)C)CCCCC1. The molecule has 0 aromatic carbocycles. The standard InChI is InChI=1S/C14H26N2O3/c1-10(15)11(17)14(8-6-5-7-9-14)16-12(18)19-13(2,3)4/h10H,5-9,15H2,1-4H3,(H,16,18). The lowest BCUT2D eigenvalue weighted by Crippen LogP contribution is -2.60. The van der Waals surface area contributed by atoms with E-state index in [1.54, 1.807) is 27.7 Å². The van der Waals surface area contributed by atoms with Gasteiger partial charge in [0.1, 0.15) is 11.1 Å². The van der Waals surface area contributed by atoms with Crippen LogP contribution in [0.2, 0.25) is 0 Å². The minimum Gasteiger partial charge on any atom is -0.444 e. The molecular weight excluding hydrogens is 244 g/mol. The van der Waals surface area contributed by atoms with Crippen molar-refractivity contribution in [2.24, 2.45) is 5.73 Å². The molecule has 1 unspecified atom stereocenters. The maximum atomic E-state index is 12.3. The Hall–Kier alpha value is -1.10. The van der Waals surface area contributed by atoms with Crippen LogP contribution in [-0.2, 0) is 9.53 Å². The molecule has 1 amide bonds. The van der Waals surface area contributed by atoms with Crippen LogP contribution in [-0.4, -0.2) is 29.1 Å². The van der Waals surface area contributed by atoms with E-state index in [-0.39, 0.29) is 5.78 Å². The molecule has 19 heavy (non-hydrogen) atoms. The predicted octanol–water partition coefficient (Wildman–Crippen LogP) is 2.13. The van der Waals surface area contributed by atoms with Gasteiger partial charge in [0.2, 0.25) is 0 Å². The van der Waals surface area contributed by atoms with E-state index in [1.165, 1.54) is 0 Å². The molecule has 0 spiro atoms. The van der Waals surface area contributed by atoms with E-state index < -0.39 is 23.3 Å². The average Bonchev–Trinajstić information content (AvgIpc) is 2.26. The number of nitrogens with two attached hydrogens (primary N) is 1. The molecule has 0 aliphatic heterocycles. The topological polar surface area (TPSA) is 81.4 Å². The summed E-state index contributed by atoms with van der Waals surface area (Å²) in [6, 6.07) is -0.576. The van der Waals surface area contributed by atoms with Gasteiger partial charge in [-0.3, -0.25) is 4.79 Å². The molecule has 1 aliphatic carbocycles. The van der Waals surface area contributed by atoms with Gasteiger partial charge in [0.05, 0.1) is 6.04 Å². The molecule has 3 N–H and O–H groups in total. The maximum absolute atomic E-state index is 12.3. The first-order valence-corrected chi connectivity index (χ1v) is 6.97. The second-order valence-corrected chi connectivity index (χ2v) is 6.42. The van der Waals surface area contributed by atoms with E-state index in [9.17, 15) is 9.59 Å². The Morgan fingerprint density at radius 2 is 1.74 bits per heavy atom. The van der Waals surface area contributed by atoms with Gasteiger partial charge in [0.25, 0.3) is 0 Å². The summed E-state index contributed by atoms with van der Waals surface area (Å²) in [5.74, 6) is -0.0990. The lowest BCUT2D eigenvalue weighted by molar-refractivity contribution is -0.127. The number of carbonyl (C=O) groups is 2. The maximum Gasteiger partial charge on any atom is 0.408 e. The van der Waals surface area contributed by atoms with Crippen molar-refractivity contribution in [2.45, 2.75) is 77.0 Å². The van der Waals surface area contributed by atoms with Gasteiger partial charge in [-0.05, 0) is 40.5 Å². The molecule has 0 heterocycles. The zero-order valence-corrected chi connectivity index (χ0v) is 12.4. The highest BCUT2D eigenvalue weighted by Gasteiger charge is 2.42. The summed E-state index contributed by atoms with van der Waals surface area (Å²) in [6.07, 6.45) is 3.69. The van der Waals surface area contributed by atoms with E-state index in [1.807, 2.05) is 0 Å². The fourth-order valence-corrected chi connectivity index (χ4v) is 2.52. The lowest BCUT2D eigenvalue weighted by Gasteiger charge is -2.38. The van der Waals surface area contributed by atoms with Gasteiger partial charge in [-0.15, -0.1) is 0 Å². The van der Waals surface area contributed by atoms with Crippen molar-refractivity contribution in [1.29, 1.82) is 0 Å². The molecular formula is C14H26N2O3. The number of Topliss-reactive ketones (excluding diaryl/α,β-unsaturated/α-hetero) is 1. The summed E-state index contributed by atoms with van der Waals surface area (Å²) in [7, 11) is 0. The van der Waals surface area contributed by atoms with Gasteiger partial charge in [-0.25, -0.2) is 4.79 Å². The van der Waals surface area contributed by atoms with Crippen LogP contribution in [0.4, 0.5) is 4.79 Å². The third-order valence-electron chi connectivity index (χ3n) is 3.33. The van der Waals surface area contributed by atoms with Crippen molar-refractivity contribution in [2.75, 3.05) is 0 Å². The van der Waals surface area contributed by atoms with Gasteiger partial charge in [-0.2, -0.15) is 0 Å². The molecule has 1 rings (SSSR count). The second-order valence-electron chi connectivity index (χ2n) is 6.42. The van der Waals surface area contributed by atoms with Gasteiger partial charge in [0.15, 0.2) is 5.78 Å². The lowest BCUT2D eigenvalue weighted by atomic mass is 9.77. The second kappa shape index (κ2) is 5.90. The number of ether oxygens (including phenoxy) is 1. The summed E-state index contributed by atoms with van der Waals surface area (Å²) < 4.78 is 5.25. The molecule has 1 fully saturated rings. The molecule has 110 valence electrons. The molecule has 0 aromatic heterocycles. The molecule has 1 atom stereocenters. The fourth-order valence-electron chi connectivity index (χ4n) is 2.52. The third kappa shape index (κ3) is 4.49. The monoisotopic (exact) mass is 270 g/mol. The van der Waals surface area contributed by atoms with Crippen molar-refractivity contribution in [3.8, 4) is 0 Å². The number of alkyl carbamates (subject to hydrolysis) is 1. The largest absolute Gasteiger partial charge is 0.444 e. The van der Waals surface area contributed by atoms with E-state index in [0.29, 0.717) is 12.8 Å². The molecule has 0 radical (unpaired) electrons. The van der Waals surface area contributed by atoms with Crippen molar-refractivity contribution >= 4 is 11.9 Å². The number of hydrogen-bond donors (Lipinski definition) is 2. The fraction of sp³-hybridized carbons (Fsp3) is 0.857. The summed E-state index contributed by atoms with van der Waals surface area (Å²) >= 11 is 0. The van der Waals surface area contributed by atoms with Gasteiger partial charge < -0.3 is 15.8 Å². The van der Waals surface area contributed by atoms with Crippen molar-refractivity contribution < 1.29 is 14.3 Å². The number of ketones is 1. The normalized spacial score (nSPS) is 20.5. The van der Waals surface area contributed by atoms with Crippen LogP contribution in [0.15, 0.2) is 0 Å². The molecule has 1 saturated carbocycles. The molecule has 5 heteroatoms. The first-order chi connectivity index (χ1) is 8.66. The smallest absolute Gasteiger partial charge is 0.408 e. The Balaban J connectivity index is 2.81. The first kappa shape index (κ1) is 16.0. The van der Waals surface area contributed by atoms with E-state index >= 15 is 0 Å². The minimum absolute atomic E-state index is 0.0990. The predicted molar refractivity (Wildman–Crippen MR) is 73.8 cm³/mol. The quantitative estimate of drug-likeness (QED) is 0.823. The highest BCUT2D eigenvalue weighted by molar-refractivity contribution is 5.95.